The van der Waals surface area contributed by atoms with Crippen LogP contribution in [0.1, 0.15) is 22.3 Å². The highest BCUT2D eigenvalue weighted by molar-refractivity contribution is 7.21. The van der Waals surface area contributed by atoms with Crippen LogP contribution in [0.25, 0.3) is 0 Å². The second-order valence-electron chi connectivity index (χ2n) is 14.5. The number of para-hydroxylation sites is 2. The summed E-state index contributed by atoms with van der Waals surface area (Å²) in [7, 11) is -3.17. The monoisotopic (exact) mass is 726 g/mol. The number of hydrogen-bond acceptors (Lipinski definition) is 2. The predicted molar refractivity (Wildman–Crippen MR) is 238 cm³/mol. The number of anilines is 6. The third-order valence-electron chi connectivity index (χ3n) is 10.7. The Labute approximate surface area is 327 Å². The van der Waals surface area contributed by atoms with Gasteiger partial charge in [-0.05, 0) is 109 Å². The first-order chi connectivity index (χ1) is 26.9. The highest BCUT2D eigenvalue weighted by Crippen LogP contribution is 2.38. The molecule has 8 aromatic carbocycles. The van der Waals surface area contributed by atoms with E-state index in [1.807, 2.05) is 0 Å². The van der Waals surface area contributed by atoms with Gasteiger partial charge in [0.1, 0.15) is 0 Å². The van der Waals surface area contributed by atoms with Crippen molar-refractivity contribution in [3.8, 4) is 0 Å². The lowest BCUT2D eigenvalue weighted by Gasteiger charge is -2.41. The molecular weight excluding hydrogens is 681 g/mol. The quantitative estimate of drug-likeness (QED) is 0.102. The van der Waals surface area contributed by atoms with E-state index in [0.29, 0.717) is 0 Å². The van der Waals surface area contributed by atoms with Gasteiger partial charge in [0.05, 0.1) is 0 Å². The van der Waals surface area contributed by atoms with E-state index < -0.39 is 8.07 Å². The summed E-state index contributed by atoms with van der Waals surface area (Å²) in [5.41, 5.74) is 11.8. The lowest BCUT2D eigenvalue weighted by molar-refractivity contribution is 1.27. The molecule has 0 radical (unpaired) electrons. The molecule has 0 aliphatic rings. The molecule has 268 valence electrons. The molecule has 0 amide bonds. The van der Waals surface area contributed by atoms with Crippen molar-refractivity contribution in [2.45, 2.75) is 27.7 Å². The Kier molecular flexibility index (Phi) is 10.0. The summed E-state index contributed by atoms with van der Waals surface area (Å²) < 4.78 is 0. The van der Waals surface area contributed by atoms with Gasteiger partial charge in [-0.2, -0.15) is 0 Å². The molecule has 8 aromatic rings. The van der Waals surface area contributed by atoms with E-state index in [2.05, 4.69) is 244 Å². The average Bonchev–Trinajstić information content (AvgIpc) is 3.23. The average molecular weight is 727 g/mol. The van der Waals surface area contributed by atoms with Gasteiger partial charge in [-0.1, -0.05) is 168 Å². The van der Waals surface area contributed by atoms with E-state index in [4.69, 9.17) is 0 Å². The molecule has 8 rings (SSSR count). The maximum absolute atomic E-state index is 3.17. The Balaban J connectivity index is 1.51. The van der Waals surface area contributed by atoms with Crippen molar-refractivity contribution in [2.75, 3.05) is 9.80 Å². The summed E-state index contributed by atoms with van der Waals surface area (Å²) in [5, 5.41) is 5.27. The van der Waals surface area contributed by atoms with Crippen molar-refractivity contribution < 1.29 is 0 Å². The molecule has 0 unspecified atom stereocenters. The van der Waals surface area contributed by atoms with Crippen molar-refractivity contribution >= 4 is 62.9 Å². The fourth-order valence-corrected chi connectivity index (χ4v) is 13.0. The van der Waals surface area contributed by atoms with Gasteiger partial charge < -0.3 is 9.80 Å². The smallest absolute Gasteiger partial charge is 0.184 e. The molecule has 0 bridgehead atoms. The Morgan fingerprint density at radius 2 is 0.527 bits per heavy atom. The number of nitrogens with zero attached hydrogens (tertiary/aromatic N) is 2. The minimum atomic E-state index is -3.17. The normalized spacial score (nSPS) is 11.3. The summed E-state index contributed by atoms with van der Waals surface area (Å²) >= 11 is 0. The molecular formula is C52H46N2Si. The van der Waals surface area contributed by atoms with Gasteiger partial charge in [-0.25, -0.2) is 0 Å². The van der Waals surface area contributed by atoms with Crippen LogP contribution in [0.4, 0.5) is 34.1 Å². The van der Waals surface area contributed by atoms with Gasteiger partial charge >= 0.3 is 0 Å². The second-order valence-corrected chi connectivity index (χ2v) is 18.3. The van der Waals surface area contributed by atoms with Crippen LogP contribution in [-0.4, -0.2) is 8.07 Å². The highest BCUT2D eigenvalue weighted by Gasteiger charge is 2.46. The largest absolute Gasteiger partial charge is 0.311 e. The lowest BCUT2D eigenvalue weighted by atomic mass is 10.1. The van der Waals surface area contributed by atoms with Crippen molar-refractivity contribution in [1.29, 1.82) is 0 Å². The predicted octanol–water partition coefficient (Wildman–Crippen LogP) is 11.2. The first-order valence-corrected chi connectivity index (χ1v) is 21.1. The fourth-order valence-electron chi connectivity index (χ4n) is 7.91. The maximum atomic E-state index is 2.46. The summed E-state index contributed by atoms with van der Waals surface area (Å²) in [6.07, 6.45) is 0. The molecule has 0 saturated heterocycles. The third kappa shape index (κ3) is 6.91. The zero-order valence-corrected chi connectivity index (χ0v) is 33.0. The molecule has 0 heterocycles. The van der Waals surface area contributed by atoms with Crippen LogP contribution in [0.5, 0.6) is 0 Å². The van der Waals surface area contributed by atoms with Crippen molar-refractivity contribution in [1.82, 2.24) is 0 Å². The molecule has 0 aromatic heterocycles. The van der Waals surface area contributed by atoms with E-state index in [9.17, 15) is 0 Å². The van der Waals surface area contributed by atoms with E-state index >= 15 is 0 Å². The Hall–Kier alpha value is -6.42. The summed E-state index contributed by atoms with van der Waals surface area (Å²) in [5.74, 6) is 0. The van der Waals surface area contributed by atoms with E-state index in [1.54, 1.807) is 0 Å². The third-order valence-corrected chi connectivity index (χ3v) is 15.5. The first kappa shape index (κ1) is 35.6. The molecule has 0 N–H and O–H groups in total. The van der Waals surface area contributed by atoms with Gasteiger partial charge in [0.15, 0.2) is 8.07 Å². The highest BCUT2D eigenvalue weighted by atomic mass is 28.3. The van der Waals surface area contributed by atoms with Crippen LogP contribution in [0.3, 0.4) is 0 Å². The lowest BCUT2D eigenvalue weighted by Crippen LogP contribution is -2.75. The molecule has 0 aliphatic carbocycles. The molecule has 0 atom stereocenters. The summed E-state index contributed by atoms with van der Waals surface area (Å²) in [4.78, 5) is 4.92. The van der Waals surface area contributed by atoms with Crippen molar-refractivity contribution in [3.63, 3.8) is 0 Å². The Morgan fingerprint density at radius 1 is 0.273 bits per heavy atom. The van der Waals surface area contributed by atoms with Crippen LogP contribution in [0.15, 0.2) is 206 Å². The summed E-state index contributed by atoms with van der Waals surface area (Å²) in [6, 6.07) is 76.6. The van der Waals surface area contributed by atoms with Crippen LogP contribution < -0.4 is 30.5 Å². The molecule has 0 fully saturated rings. The van der Waals surface area contributed by atoms with Crippen LogP contribution in [-0.2, 0) is 0 Å². The van der Waals surface area contributed by atoms with E-state index in [1.165, 1.54) is 54.4 Å². The topological polar surface area (TPSA) is 6.48 Å². The van der Waals surface area contributed by atoms with Crippen LogP contribution >= 0.6 is 0 Å². The van der Waals surface area contributed by atoms with E-state index in [0.717, 1.165) is 22.7 Å². The molecule has 0 spiro atoms. The number of hydrogen-bond donors (Lipinski definition) is 0. The number of benzene rings is 8. The standard InChI is InChI=1S/C52H46N2Si/c1-39-23-31-43(32-24-39)53(44-33-25-40(2)26-34-44)49-19-11-13-21-51(49)55(47-15-7-5-8-16-47,48-17-9-6-10-18-48)52-22-14-12-20-50(52)54(45-35-27-41(3)28-36-45)46-37-29-42(4)30-38-46/h5-38H,1-4H3. The van der Waals surface area contributed by atoms with Gasteiger partial charge in [-0.3, -0.25) is 0 Å². The van der Waals surface area contributed by atoms with Gasteiger partial charge in [0.25, 0.3) is 0 Å². The summed E-state index contributed by atoms with van der Waals surface area (Å²) in [6.45, 7) is 8.62. The van der Waals surface area contributed by atoms with Crippen molar-refractivity contribution in [2.24, 2.45) is 0 Å². The maximum Gasteiger partial charge on any atom is 0.184 e. The molecule has 0 saturated carbocycles. The minimum absolute atomic E-state index is 1.13. The Bertz CT molecular complexity index is 2220. The van der Waals surface area contributed by atoms with Gasteiger partial charge in [-0.15, -0.1) is 0 Å². The molecule has 3 heteroatoms. The van der Waals surface area contributed by atoms with Gasteiger partial charge in [0, 0.05) is 34.1 Å². The van der Waals surface area contributed by atoms with Crippen molar-refractivity contribution in [3.05, 3.63) is 229 Å². The molecule has 0 aliphatic heterocycles. The van der Waals surface area contributed by atoms with E-state index in [-0.39, 0.29) is 0 Å². The Morgan fingerprint density at radius 3 is 0.818 bits per heavy atom. The fraction of sp³-hybridized carbons (Fsp3) is 0.0769. The zero-order valence-electron chi connectivity index (χ0n) is 32.0. The van der Waals surface area contributed by atoms with Crippen LogP contribution in [0.2, 0.25) is 0 Å². The van der Waals surface area contributed by atoms with Crippen LogP contribution in [0, 0.1) is 27.7 Å². The zero-order chi connectivity index (χ0) is 37.8. The first-order valence-electron chi connectivity index (χ1n) is 19.1. The molecule has 55 heavy (non-hydrogen) atoms. The van der Waals surface area contributed by atoms with Gasteiger partial charge in [0.2, 0.25) is 0 Å². The minimum Gasteiger partial charge on any atom is -0.311 e. The number of rotatable bonds is 10. The molecule has 2 nitrogen and oxygen atoms in total. The SMILES string of the molecule is Cc1ccc(N(c2ccc(C)cc2)c2ccccc2[Si](c2ccccc2)(c2ccccc2)c2ccccc2N(c2ccc(C)cc2)c2ccc(C)cc2)cc1. The second kappa shape index (κ2) is 15.5. The number of aryl methyl sites for hydroxylation is 4.